The van der Waals surface area contributed by atoms with Gasteiger partial charge in [-0.3, -0.25) is 4.79 Å². The van der Waals surface area contributed by atoms with Crippen molar-refractivity contribution < 1.29 is 9.53 Å². The normalized spacial score (nSPS) is 12.2. The molecule has 0 amide bonds. The Morgan fingerprint density at radius 1 is 1.44 bits per heavy atom. The van der Waals surface area contributed by atoms with E-state index in [-0.39, 0.29) is 5.78 Å². The first kappa shape index (κ1) is 15.1. The molecule has 0 heterocycles. The van der Waals surface area contributed by atoms with E-state index in [4.69, 9.17) is 10.5 Å². The van der Waals surface area contributed by atoms with Crippen molar-refractivity contribution in [3.63, 3.8) is 0 Å². The number of thioether (sulfide) groups is 1. The third-order valence-electron chi connectivity index (χ3n) is 2.58. The summed E-state index contributed by atoms with van der Waals surface area (Å²) in [5, 5.41) is 0.557. The molecular formula is C14H21NO2S. The molecule has 0 fully saturated rings. The fourth-order valence-electron chi connectivity index (χ4n) is 1.60. The third-order valence-corrected chi connectivity index (χ3v) is 3.79. The molecule has 0 bridgehead atoms. The van der Waals surface area contributed by atoms with E-state index in [2.05, 4.69) is 6.92 Å². The molecule has 2 N–H and O–H groups in total. The summed E-state index contributed by atoms with van der Waals surface area (Å²) in [5.74, 6) is 1.62. The number of para-hydroxylation sites is 1. The number of hydrogen-bond acceptors (Lipinski definition) is 4. The highest BCUT2D eigenvalue weighted by atomic mass is 32.2. The van der Waals surface area contributed by atoms with Crippen LogP contribution in [0.2, 0.25) is 0 Å². The van der Waals surface area contributed by atoms with Gasteiger partial charge in [0.1, 0.15) is 5.75 Å². The van der Waals surface area contributed by atoms with Gasteiger partial charge in [0.25, 0.3) is 0 Å². The molecule has 0 aliphatic heterocycles. The molecule has 0 spiro atoms. The first-order valence-corrected chi connectivity index (χ1v) is 7.24. The molecule has 0 saturated heterocycles. The van der Waals surface area contributed by atoms with Gasteiger partial charge in [0.15, 0.2) is 5.78 Å². The molecule has 100 valence electrons. The molecule has 0 saturated carbocycles. The number of rotatable bonds is 8. The van der Waals surface area contributed by atoms with Gasteiger partial charge >= 0.3 is 0 Å². The van der Waals surface area contributed by atoms with Gasteiger partial charge in [-0.25, -0.2) is 0 Å². The standard InChI is InChI=1S/C14H21NO2S/c1-11(7-8-15)18-10-9-17-14-6-4-3-5-13(14)12(2)16/h3-6,11H,7-10,15H2,1-2H3. The molecule has 1 atom stereocenters. The summed E-state index contributed by atoms with van der Waals surface area (Å²) in [6, 6.07) is 7.36. The summed E-state index contributed by atoms with van der Waals surface area (Å²) in [6.07, 6.45) is 1.02. The van der Waals surface area contributed by atoms with Crippen LogP contribution in [0.3, 0.4) is 0 Å². The molecule has 1 aromatic rings. The van der Waals surface area contributed by atoms with Crippen molar-refractivity contribution in [2.24, 2.45) is 5.73 Å². The number of benzene rings is 1. The van der Waals surface area contributed by atoms with E-state index in [9.17, 15) is 4.79 Å². The highest BCUT2D eigenvalue weighted by Crippen LogP contribution is 2.19. The van der Waals surface area contributed by atoms with E-state index < -0.39 is 0 Å². The van der Waals surface area contributed by atoms with Gasteiger partial charge in [-0.15, -0.1) is 0 Å². The van der Waals surface area contributed by atoms with Crippen LogP contribution in [0.1, 0.15) is 30.6 Å². The number of nitrogens with two attached hydrogens (primary N) is 1. The Labute approximate surface area is 113 Å². The van der Waals surface area contributed by atoms with Crippen LogP contribution in [0.5, 0.6) is 5.75 Å². The fourth-order valence-corrected chi connectivity index (χ4v) is 2.49. The Balaban J connectivity index is 2.37. The molecule has 0 radical (unpaired) electrons. The second kappa shape index (κ2) is 8.16. The average molecular weight is 267 g/mol. The van der Waals surface area contributed by atoms with Crippen molar-refractivity contribution in [3.05, 3.63) is 29.8 Å². The summed E-state index contributed by atoms with van der Waals surface area (Å²) < 4.78 is 5.65. The Morgan fingerprint density at radius 3 is 2.83 bits per heavy atom. The summed E-state index contributed by atoms with van der Waals surface area (Å²) in [6.45, 7) is 5.06. The van der Waals surface area contributed by atoms with E-state index in [1.807, 2.05) is 30.0 Å². The molecule has 18 heavy (non-hydrogen) atoms. The molecule has 3 nitrogen and oxygen atoms in total. The number of Topliss-reactive ketones (excluding diaryl/α,β-unsaturated/α-hetero) is 1. The molecular weight excluding hydrogens is 246 g/mol. The highest BCUT2D eigenvalue weighted by molar-refractivity contribution is 7.99. The Bertz CT molecular complexity index is 382. The van der Waals surface area contributed by atoms with Gasteiger partial charge in [-0.2, -0.15) is 11.8 Å². The minimum atomic E-state index is 0.0368. The summed E-state index contributed by atoms with van der Waals surface area (Å²) in [7, 11) is 0. The van der Waals surface area contributed by atoms with E-state index in [0.717, 1.165) is 18.7 Å². The minimum absolute atomic E-state index is 0.0368. The van der Waals surface area contributed by atoms with Crippen molar-refractivity contribution in [1.29, 1.82) is 0 Å². The van der Waals surface area contributed by atoms with Crippen molar-refractivity contribution in [3.8, 4) is 5.75 Å². The Morgan fingerprint density at radius 2 is 2.17 bits per heavy atom. The van der Waals surface area contributed by atoms with Crippen LogP contribution in [0.4, 0.5) is 0 Å². The number of hydrogen-bond donors (Lipinski definition) is 1. The van der Waals surface area contributed by atoms with Gasteiger partial charge in [0.05, 0.1) is 12.2 Å². The van der Waals surface area contributed by atoms with Crippen LogP contribution in [-0.2, 0) is 0 Å². The molecule has 1 unspecified atom stereocenters. The van der Waals surface area contributed by atoms with Gasteiger partial charge < -0.3 is 10.5 Å². The number of ether oxygens (including phenoxy) is 1. The van der Waals surface area contributed by atoms with Gasteiger partial charge in [-0.05, 0) is 32.0 Å². The first-order valence-electron chi connectivity index (χ1n) is 6.19. The first-order chi connectivity index (χ1) is 8.65. The average Bonchev–Trinajstić information content (AvgIpc) is 2.35. The number of carbonyl (C=O) groups is 1. The Hall–Kier alpha value is -1.00. The van der Waals surface area contributed by atoms with Crippen LogP contribution in [0, 0.1) is 0 Å². The lowest BCUT2D eigenvalue weighted by Crippen LogP contribution is -2.10. The van der Waals surface area contributed by atoms with E-state index in [1.165, 1.54) is 0 Å². The van der Waals surface area contributed by atoms with Crippen LogP contribution < -0.4 is 10.5 Å². The van der Waals surface area contributed by atoms with Crippen LogP contribution in [0.25, 0.3) is 0 Å². The summed E-state index contributed by atoms with van der Waals surface area (Å²) in [5.41, 5.74) is 6.15. The molecule has 4 heteroatoms. The lowest BCUT2D eigenvalue weighted by Gasteiger charge is -2.12. The lowest BCUT2D eigenvalue weighted by atomic mass is 10.1. The molecule has 1 aromatic carbocycles. The molecule has 0 aromatic heterocycles. The van der Waals surface area contributed by atoms with Gasteiger partial charge in [0.2, 0.25) is 0 Å². The maximum Gasteiger partial charge on any atom is 0.163 e. The lowest BCUT2D eigenvalue weighted by molar-refractivity contribution is 0.101. The van der Waals surface area contributed by atoms with Crippen molar-refractivity contribution >= 4 is 17.5 Å². The third kappa shape index (κ3) is 5.10. The Kier molecular flexibility index (Phi) is 6.83. The van der Waals surface area contributed by atoms with Crippen molar-refractivity contribution in [2.45, 2.75) is 25.5 Å². The highest BCUT2D eigenvalue weighted by Gasteiger charge is 2.07. The van der Waals surface area contributed by atoms with E-state index in [1.54, 1.807) is 13.0 Å². The monoisotopic (exact) mass is 267 g/mol. The molecule has 0 aliphatic rings. The number of carbonyl (C=O) groups excluding carboxylic acids is 1. The van der Waals surface area contributed by atoms with Crippen LogP contribution >= 0.6 is 11.8 Å². The second-order valence-electron chi connectivity index (χ2n) is 4.16. The SMILES string of the molecule is CC(=O)c1ccccc1OCCSC(C)CCN. The molecule has 1 rings (SSSR count). The van der Waals surface area contributed by atoms with Gasteiger partial charge in [-0.1, -0.05) is 19.1 Å². The van der Waals surface area contributed by atoms with Crippen molar-refractivity contribution in [2.75, 3.05) is 18.9 Å². The summed E-state index contributed by atoms with van der Waals surface area (Å²) in [4.78, 5) is 11.4. The fraction of sp³-hybridized carbons (Fsp3) is 0.500. The van der Waals surface area contributed by atoms with E-state index in [0.29, 0.717) is 23.2 Å². The maximum atomic E-state index is 11.4. The zero-order valence-corrected chi connectivity index (χ0v) is 11.8. The van der Waals surface area contributed by atoms with Gasteiger partial charge in [0, 0.05) is 11.0 Å². The van der Waals surface area contributed by atoms with Crippen LogP contribution in [-0.4, -0.2) is 29.9 Å². The second-order valence-corrected chi connectivity index (χ2v) is 5.71. The minimum Gasteiger partial charge on any atom is -0.492 e. The van der Waals surface area contributed by atoms with Crippen LogP contribution in [0.15, 0.2) is 24.3 Å². The predicted molar refractivity (Wildman–Crippen MR) is 77.5 cm³/mol. The smallest absolute Gasteiger partial charge is 0.163 e. The zero-order valence-electron chi connectivity index (χ0n) is 11.0. The zero-order chi connectivity index (χ0) is 13.4. The predicted octanol–water partition coefficient (Wildman–Crippen LogP) is 2.74. The number of ketones is 1. The quantitative estimate of drug-likeness (QED) is 0.581. The largest absolute Gasteiger partial charge is 0.492 e. The molecule has 0 aliphatic carbocycles. The summed E-state index contributed by atoms with van der Waals surface area (Å²) >= 11 is 1.84. The van der Waals surface area contributed by atoms with Crippen molar-refractivity contribution in [1.82, 2.24) is 0 Å². The van der Waals surface area contributed by atoms with E-state index >= 15 is 0 Å². The topological polar surface area (TPSA) is 52.3 Å². The maximum absolute atomic E-state index is 11.4.